The summed E-state index contributed by atoms with van der Waals surface area (Å²) in [5.74, 6) is -0.468. The van der Waals surface area contributed by atoms with Gasteiger partial charge in [-0.1, -0.05) is 0 Å². The molecule has 1 aliphatic rings. The molecule has 1 fully saturated rings. The number of carbonyl (C=O) groups excluding carboxylic acids is 3. The van der Waals surface area contributed by atoms with Crippen molar-refractivity contribution in [3.05, 3.63) is 48.8 Å². The summed E-state index contributed by atoms with van der Waals surface area (Å²) in [6, 6.07) is 2.79. The van der Waals surface area contributed by atoms with Crippen LogP contribution in [0, 0.1) is 0 Å². The Balaban J connectivity index is 1.65. The summed E-state index contributed by atoms with van der Waals surface area (Å²) >= 11 is 0. The van der Waals surface area contributed by atoms with Crippen molar-refractivity contribution in [3.63, 3.8) is 0 Å². The van der Waals surface area contributed by atoms with Crippen LogP contribution in [0.25, 0.3) is 0 Å². The second-order valence-corrected chi connectivity index (χ2v) is 9.40. The van der Waals surface area contributed by atoms with Gasteiger partial charge in [0, 0.05) is 55.4 Å². The number of nitrogens with one attached hydrogen (secondary N) is 1. The Labute approximate surface area is 205 Å². The Morgan fingerprint density at radius 2 is 1.94 bits per heavy atom. The van der Waals surface area contributed by atoms with Gasteiger partial charge in [-0.3, -0.25) is 14.4 Å². The Morgan fingerprint density at radius 3 is 2.57 bits per heavy atom. The molecule has 2 aromatic heterocycles. The molecular weight excluding hydrogens is 452 g/mol. The molecular formula is C24H35N6O5+. The SMILES string of the molecule is CO[n+]1ccc(CC(=O)N2CCN(C(=O)OC(C)(C)C)CC2C(=O)NCCCn2ccnc2)cc1. The van der Waals surface area contributed by atoms with Gasteiger partial charge in [-0.05, 0) is 32.8 Å². The summed E-state index contributed by atoms with van der Waals surface area (Å²) in [6.07, 6.45) is 9.08. The quantitative estimate of drug-likeness (QED) is 0.427. The largest absolute Gasteiger partial charge is 0.444 e. The lowest BCUT2D eigenvalue weighted by Gasteiger charge is -2.40. The predicted molar refractivity (Wildman–Crippen MR) is 126 cm³/mol. The summed E-state index contributed by atoms with van der Waals surface area (Å²) in [5, 5.41) is 2.92. The average Bonchev–Trinajstić information content (AvgIpc) is 3.34. The van der Waals surface area contributed by atoms with Gasteiger partial charge in [0.2, 0.25) is 24.2 Å². The van der Waals surface area contributed by atoms with Crippen LogP contribution in [-0.4, -0.2) is 82.2 Å². The molecule has 1 N–H and O–H groups in total. The molecule has 0 aliphatic carbocycles. The van der Waals surface area contributed by atoms with Gasteiger partial charge in [-0.15, -0.1) is 0 Å². The number of carbonyl (C=O) groups is 3. The van der Waals surface area contributed by atoms with E-state index in [1.54, 1.807) is 69.8 Å². The van der Waals surface area contributed by atoms with Gasteiger partial charge < -0.3 is 24.4 Å². The van der Waals surface area contributed by atoms with E-state index in [2.05, 4.69) is 10.3 Å². The summed E-state index contributed by atoms with van der Waals surface area (Å²) in [5.41, 5.74) is 0.152. The van der Waals surface area contributed by atoms with Crippen molar-refractivity contribution >= 4 is 17.9 Å². The topological polar surface area (TPSA) is 110 Å². The van der Waals surface area contributed by atoms with Crippen molar-refractivity contribution in [1.29, 1.82) is 0 Å². The first-order valence-corrected chi connectivity index (χ1v) is 11.7. The van der Waals surface area contributed by atoms with E-state index >= 15 is 0 Å². The van der Waals surface area contributed by atoms with E-state index in [9.17, 15) is 14.4 Å². The predicted octanol–water partition coefficient (Wildman–Crippen LogP) is 0.426. The third kappa shape index (κ3) is 7.69. The van der Waals surface area contributed by atoms with Crippen molar-refractivity contribution < 1.29 is 28.7 Å². The van der Waals surface area contributed by atoms with Gasteiger partial charge >= 0.3 is 6.09 Å². The molecule has 1 aliphatic heterocycles. The molecule has 2 aromatic rings. The summed E-state index contributed by atoms with van der Waals surface area (Å²) in [7, 11) is 1.55. The molecule has 3 amide bonds. The van der Waals surface area contributed by atoms with E-state index < -0.39 is 17.7 Å². The molecule has 0 bridgehead atoms. The lowest BCUT2D eigenvalue weighted by Crippen LogP contribution is -2.62. The van der Waals surface area contributed by atoms with E-state index in [0.717, 1.165) is 5.56 Å². The third-order valence-electron chi connectivity index (χ3n) is 5.54. The Bertz CT molecular complexity index is 987. The minimum Gasteiger partial charge on any atom is -0.444 e. The molecule has 1 saturated heterocycles. The summed E-state index contributed by atoms with van der Waals surface area (Å²) < 4.78 is 8.94. The van der Waals surface area contributed by atoms with Crippen molar-refractivity contribution in [1.82, 2.24) is 24.7 Å². The molecule has 190 valence electrons. The molecule has 0 aromatic carbocycles. The highest BCUT2D eigenvalue weighted by molar-refractivity contribution is 5.89. The number of aryl methyl sites for hydroxylation is 1. The van der Waals surface area contributed by atoms with Crippen molar-refractivity contribution in [2.75, 3.05) is 33.3 Å². The molecule has 11 nitrogen and oxygen atoms in total. The van der Waals surface area contributed by atoms with Gasteiger partial charge in [-0.25, -0.2) is 9.78 Å². The van der Waals surface area contributed by atoms with Crippen LogP contribution < -0.4 is 14.9 Å². The van der Waals surface area contributed by atoms with E-state index in [-0.39, 0.29) is 31.3 Å². The fraction of sp³-hybridized carbons (Fsp3) is 0.542. The number of amides is 3. The van der Waals surface area contributed by atoms with Crippen molar-refractivity contribution in [2.45, 2.75) is 51.8 Å². The molecule has 3 heterocycles. The van der Waals surface area contributed by atoms with E-state index in [0.29, 0.717) is 26.1 Å². The fourth-order valence-corrected chi connectivity index (χ4v) is 3.77. The summed E-state index contributed by atoms with van der Waals surface area (Å²) in [4.78, 5) is 51.1. The van der Waals surface area contributed by atoms with Gasteiger partial charge in [0.1, 0.15) is 18.8 Å². The van der Waals surface area contributed by atoms with E-state index in [4.69, 9.17) is 9.57 Å². The number of aromatic nitrogens is 3. The number of rotatable bonds is 8. The smallest absolute Gasteiger partial charge is 0.410 e. The number of ether oxygens (including phenoxy) is 1. The lowest BCUT2D eigenvalue weighted by atomic mass is 10.1. The van der Waals surface area contributed by atoms with E-state index in [1.165, 1.54) is 9.63 Å². The van der Waals surface area contributed by atoms with Crippen molar-refractivity contribution in [3.8, 4) is 0 Å². The Hall–Kier alpha value is -3.63. The first-order valence-electron chi connectivity index (χ1n) is 11.7. The minimum absolute atomic E-state index is 0.0759. The zero-order chi connectivity index (χ0) is 25.4. The maximum Gasteiger partial charge on any atom is 0.410 e. The molecule has 0 saturated carbocycles. The van der Waals surface area contributed by atoms with Crippen LogP contribution in [0.4, 0.5) is 4.79 Å². The van der Waals surface area contributed by atoms with Crippen LogP contribution in [0.5, 0.6) is 0 Å². The number of hydrogen-bond acceptors (Lipinski definition) is 6. The average molecular weight is 488 g/mol. The number of pyridine rings is 1. The van der Waals surface area contributed by atoms with Crippen molar-refractivity contribution in [2.24, 2.45) is 0 Å². The standard InChI is InChI=1S/C24H34N6O5/c1-24(2,3)35-23(33)28-14-15-30(21(31)16-19-6-11-29(34-4)12-7-19)20(17-28)22(32)26-8-5-10-27-13-9-25-18-27/h6-7,9,11-13,18,20H,5,8,10,14-17H2,1-4H3/p+1. The maximum absolute atomic E-state index is 13.2. The van der Waals surface area contributed by atoms with Crippen LogP contribution in [0.2, 0.25) is 0 Å². The lowest BCUT2D eigenvalue weighted by molar-refractivity contribution is -0.885. The van der Waals surface area contributed by atoms with E-state index in [1.807, 2.05) is 10.8 Å². The molecule has 11 heteroatoms. The van der Waals surface area contributed by atoms with Crippen LogP contribution in [0.3, 0.4) is 0 Å². The first-order chi connectivity index (χ1) is 16.7. The fourth-order valence-electron chi connectivity index (χ4n) is 3.77. The summed E-state index contributed by atoms with van der Waals surface area (Å²) in [6.45, 7) is 7.16. The molecule has 0 radical (unpaired) electrons. The highest BCUT2D eigenvalue weighted by Gasteiger charge is 2.38. The second kappa shape index (κ2) is 11.7. The zero-order valence-electron chi connectivity index (χ0n) is 20.8. The van der Waals surface area contributed by atoms with Crippen LogP contribution >= 0.6 is 0 Å². The molecule has 1 unspecified atom stereocenters. The number of hydrogen-bond donors (Lipinski definition) is 1. The molecule has 1 atom stereocenters. The minimum atomic E-state index is -0.801. The maximum atomic E-state index is 13.2. The molecule has 0 spiro atoms. The first kappa shape index (κ1) is 26.0. The van der Waals surface area contributed by atoms with Gasteiger partial charge in [-0.2, -0.15) is 0 Å². The van der Waals surface area contributed by atoms with Gasteiger partial charge in [0.15, 0.2) is 0 Å². The normalized spacial score (nSPS) is 16.1. The zero-order valence-corrected chi connectivity index (χ0v) is 20.8. The number of piperazine rings is 1. The Morgan fingerprint density at radius 1 is 1.20 bits per heavy atom. The monoisotopic (exact) mass is 487 g/mol. The highest BCUT2D eigenvalue weighted by Crippen LogP contribution is 2.17. The third-order valence-corrected chi connectivity index (χ3v) is 5.54. The van der Waals surface area contributed by atoms with Crippen LogP contribution in [0.1, 0.15) is 32.8 Å². The Kier molecular flexibility index (Phi) is 8.67. The van der Waals surface area contributed by atoms with Crippen LogP contribution in [0.15, 0.2) is 43.2 Å². The van der Waals surface area contributed by atoms with Crippen LogP contribution in [-0.2, 0) is 27.3 Å². The number of nitrogens with zero attached hydrogens (tertiary/aromatic N) is 5. The van der Waals surface area contributed by atoms with Gasteiger partial charge in [0.25, 0.3) is 0 Å². The molecule has 3 rings (SSSR count). The highest BCUT2D eigenvalue weighted by atomic mass is 16.6. The van der Waals surface area contributed by atoms with Gasteiger partial charge in [0.05, 0.1) is 19.3 Å². The second-order valence-electron chi connectivity index (χ2n) is 9.40. The number of imidazole rings is 1. The molecule has 35 heavy (non-hydrogen) atoms.